The number of amides is 1. The number of hydrogen-bond donors (Lipinski definition) is 1. The molecule has 2 aromatic carbocycles. The number of halogens is 2. The van der Waals surface area contributed by atoms with E-state index in [4.69, 9.17) is 11.6 Å². The molecule has 0 unspecified atom stereocenters. The Hall–Kier alpha value is -2.12. The van der Waals surface area contributed by atoms with Crippen LogP contribution in [0.3, 0.4) is 0 Å². The molecule has 0 aliphatic rings. The summed E-state index contributed by atoms with van der Waals surface area (Å²) in [6.07, 6.45) is 0.962. The summed E-state index contributed by atoms with van der Waals surface area (Å²) in [5.41, 5.74) is 0.556. The van der Waals surface area contributed by atoms with E-state index in [2.05, 4.69) is 5.32 Å². The van der Waals surface area contributed by atoms with E-state index in [1.807, 2.05) is 0 Å². The Balaban J connectivity index is 2.29. The first-order chi connectivity index (χ1) is 11.2. The largest absolute Gasteiger partial charge is 0.324 e. The van der Waals surface area contributed by atoms with Gasteiger partial charge in [0.2, 0.25) is 15.9 Å². The molecule has 128 valence electrons. The third kappa shape index (κ3) is 4.46. The second-order valence-corrected chi connectivity index (χ2v) is 7.51. The average Bonchev–Trinajstić information content (AvgIpc) is 2.48. The fourth-order valence-corrected chi connectivity index (χ4v) is 3.49. The highest BCUT2D eigenvalue weighted by Gasteiger charge is 2.29. The summed E-state index contributed by atoms with van der Waals surface area (Å²) in [5.74, 6) is -1.14. The highest BCUT2D eigenvalue weighted by molar-refractivity contribution is 7.92. The number of carbonyl (C=O) groups is 1. The standard InChI is InChI=1S/C16H16ClFN2O3S/c1-11(16(21)19-14-8-6-12(17)7-9-14)20(24(2,22)23)15-5-3-4-13(18)10-15/h3-11H,1-2H3,(H,19,21)/t11-/m1/s1. The lowest BCUT2D eigenvalue weighted by Gasteiger charge is -2.28. The van der Waals surface area contributed by atoms with E-state index in [-0.39, 0.29) is 5.69 Å². The maximum atomic E-state index is 13.4. The Morgan fingerprint density at radius 3 is 2.38 bits per heavy atom. The third-order valence-corrected chi connectivity index (χ3v) is 4.76. The van der Waals surface area contributed by atoms with E-state index in [9.17, 15) is 17.6 Å². The number of nitrogens with one attached hydrogen (secondary N) is 1. The van der Waals surface area contributed by atoms with Gasteiger partial charge < -0.3 is 5.32 Å². The summed E-state index contributed by atoms with van der Waals surface area (Å²) in [4.78, 5) is 12.4. The monoisotopic (exact) mass is 370 g/mol. The van der Waals surface area contributed by atoms with Gasteiger partial charge in [-0.15, -0.1) is 0 Å². The summed E-state index contributed by atoms with van der Waals surface area (Å²) < 4.78 is 38.5. The predicted molar refractivity (Wildman–Crippen MR) is 93.3 cm³/mol. The average molecular weight is 371 g/mol. The summed E-state index contributed by atoms with van der Waals surface area (Å²) in [6, 6.07) is 10.4. The van der Waals surface area contributed by atoms with Crippen LogP contribution in [-0.4, -0.2) is 26.6 Å². The zero-order valence-corrected chi connectivity index (χ0v) is 14.6. The van der Waals surface area contributed by atoms with Gasteiger partial charge in [0.25, 0.3) is 0 Å². The molecule has 0 aliphatic heterocycles. The lowest BCUT2D eigenvalue weighted by Crippen LogP contribution is -2.45. The number of rotatable bonds is 5. The van der Waals surface area contributed by atoms with Gasteiger partial charge in [0, 0.05) is 10.7 Å². The number of sulfonamides is 1. The van der Waals surface area contributed by atoms with E-state index in [0.717, 1.165) is 16.6 Å². The molecule has 0 saturated heterocycles. The lowest BCUT2D eigenvalue weighted by atomic mass is 10.2. The summed E-state index contributed by atoms with van der Waals surface area (Å²) >= 11 is 5.78. The molecular formula is C16H16ClFN2O3S. The molecular weight excluding hydrogens is 355 g/mol. The minimum absolute atomic E-state index is 0.0799. The molecule has 0 spiro atoms. The Kier molecular flexibility index (Phi) is 5.46. The van der Waals surface area contributed by atoms with Gasteiger partial charge in [-0.1, -0.05) is 17.7 Å². The van der Waals surface area contributed by atoms with Crippen LogP contribution >= 0.6 is 11.6 Å². The maximum Gasteiger partial charge on any atom is 0.247 e. The number of anilines is 2. The van der Waals surface area contributed by atoms with Crippen molar-refractivity contribution in [3.63, 3.8) is 0 Å². The number of benzene rings is 2. The quantitative estimate of drug-likeness (QED) is 0.878. The van der Waals surface area contributed by atoms with E-state index in [0.29, 0.717) is 10.7 Å². The van der Waals surface area contributed by atoms with Crippen LogP contribution in [0, 0.1) is 5.82 Å². The van der Waals surface area contributed by atoms with Crippen molar-refractivity contribution in [1.29, 1.82) is 0 Å². The smallest absolute Gasteiger partial charge is 0.247 e. The molecule has 2 rings (SSSR count). The summed E-state index contributed by atoms with van der Waals surface area (Å²) in [7, 11) is -3.79. The molecule has 24 heavy (non-hydrogen) atoms. The number of hydrogen-bond acceptors (Lipinski definition) is 3. The van der Waals surface area contributed by atoms with Gasteiger partial charge in [0.15, 0.2) is 0 Å². The van der Waals surface area contributed by atoms with Crippen LogP contribution < -0.4 is 9.62 Å². The molecule has 0 heterocycles. The van der Waals surface area contributed by atoms with Gasteiger partial charge in [-0.3, -0.25) is 9.10 Å². The van der Waals surface area contributed by atoms with Crippen LogP contribution in [0.25, 0.3) is 0 Å². The molecule has 2 aromatic rings. The number of nitrogens with zero attached hydrogens (tertiary/aromatic N) is 1. The molecule has 1 atom stereocenters. The van der Waals surface area contributed by atoms with Crippen molar-refractivity contribution in [2.24, 2.45) is 0 Å². The van der Waals surface area contributed by atoms with Crippen LogP contribution in [0.1, 0.15) is 6.92 Å². The topological polar surface area (TPSA) is 66.5 Å². The Bertz CT molecular complexity index is 841. The van der Waals surface area contributed by atoms with Gasteiger partial charge in [-0.05, 0) is 49.4 Å². The third-order valence-electron chi connectivity index (χ3n) is 3.26. The van der Waals surface area contributed by atoms with Gasteiger partial charge in [0.1, 0.15) is 11.9 Å². The second-order valence-electron chi connectivity index (χ2n) is 5.21. The highest BCUT2D eigenvalue weighted by Crippen LogP contribution is 2.22. The molecule has 0 saturated carbocycles. The van der Waals surface area contributed by atoms with Crippen molar-refractivity contribution in [1.82, 2.24) is 0 Å². The van der Waals surface area contributed by atoms with Crippen molar-refractivity contribution >= 4 is 38.9 Å². The summed E-state index contributed by atoms with van der Waals surface area (Å²) in [5, 5.41) is 3.12. The molecule has 0 bridgehead atoms. The fraction of sp³-hybridized carbons (Fsp3) is 0.188. The summed E-state index contributed by atoms with van der Waals surface area (Å²) in [6.45, 7) is 1.43. The molecule has 5 nitrogen and oxygen atoms in total. The zero-order chi connectivity index (χ0) is 17.9. The van der Waals surface area contributed by atoms with Crippen molar-refractivity contribution in [2.45, 2.75) is 13.0 Å². The van der Waals surface area contributed by atoms with Crippen LogP contribution in [0.5, 0.6) is 0 Å². The van der Waals surface area contributed by atoms with Crippen molar-refractivity contribution < 1.29 is 17.6 Å². The van der Waals surface area contributed by atoms with Gasteiger partial charge in [0.05, 0.1) is 11.9 Å². The van der Waals surface area contributed by atoms with Crippen molar-refractivity contribution in [3.05, 3.63) is 59.4 Å². The van der Waals surface area contributed by atoms with Crippen molar-refractivity contribution in [3.8, 4) is 0 Å². The number of carbonyl (C=O) groups excluding carboxylic acids is 1. The fourth-order valence-electron chi connectivity index (χ4n) is 2.20. The highest BCUT2D eigenvalue weighted by atomic mass is 35.5. The van der Waals surface area contributed by atoms with Crippen LogP contribution in [0.15, 0.2) is 48.5 Å². The normalized spacial score (nSPS) is 12.5. The maximum absolute atomic E-state index is 13.4. The van der Waals surface area contributed by atoms with E-state index in [1.54, 1.807) is 24.3 Å². The molecule has 1 N–H and O–H groups in total. The lowest BCUT2D eigenvalue weighted by molar-refractivity contribution is -0.116. The molecule has 1 amide bonds. The first-order valence-corrected chi connectivity index (χ1v) is 9.22. The Morgan fingerprint density at radius 2 is 1.83 bits per heavy atom. The molecule has 8 heteroatoms. The van der Waals surface area contributed by atoms with Crippen LogP contribution in [0.2, 0.25) is 5.02 Å². The van der Waals surface area contributed by atoms with E-state index in [1.165, 1.54) is 25.1 Å². The predicted octanol–water partition coefficient (Wildman–Crippen LogP) is 3.27. The first-order valence-electron chi connectivity index (χ1n) is 7.00. The van der Waals surface area contributed by atoms with E-state index >= 15 is 0 Å². The van der Waals surface area contributed by atoms with Gasteiger partial charge in [-0.25, -0.2) is 12.8 Å². The molecule has 0 fully saturated rings. The molecule has 0 radical (unpaired) electrons. The Labute approximate surface area is 145 Å². The Morgan fingerprint density at radius 1 is 1.21 bits per heavy atom. The van der Waals surface area contributed by atoms with Crippen LogP contribution in [0.4, 0.5) is 15.8 Å². The van der Waals surface area contributed by atoms with Gasteiger partial charge in [-0.2, -0.15) is 0 Å². The first kappa shape index (κ1) is 18.2. The molecule has 0 aliphatic carbocycles. The molecule has 0 aromatic heterocycles. The second kappa shape index (κ2) is 7.19. The van der Waals surface area contributed by atoms with Crippen molar-refractivity contribution in [2.75, 3.05) is 15.9 Å². The van der Waals surface area contributed by atoms with Gasteiger partial charge >= 0.3 is 0 Å². The van der Waals surface area contributed by atoms with E-state index < -0.39 is 27.8 Å². The van der Waals surface area contributed by atoms with Crippen LogP contribution in [-0.2, 0) is 14.8 Å². The SMILES string of the molecule is C[C@H](C(=O)Nc1ccc(Cl)cc1)N(c1cccc(F)c1)S(C)(=O)=O. The minimum atomic E-state index is -3.79. The zero-order valence-electron chi connectivity index (χ0n) is 13.0. The minimum Gasteiger partial charge on any atom is -0.324 e.